The summed E-state index contributed by atoms with van der Waals surface area (Å²) in [6.45, 7) is 9.62. The number of likely N-dealkylation sites (tertiary alicyclic amines) is 1. The van der Waals surface area contributed by atoms with Crippen LogP contribution in [-0.4, -0.2) is 75.5 Å². The molecule has 4 heterocycles. The minimum atomic E-state index is -0.507. The van der Waals surface area contributed by atoms with E-state index in [0.29, 0.717) is 32.0 Å². The van der Waals surface area contributed by atoms with Crippen molar-refractivity contribution in [2.45, 2.75) is 38.7 Å². The molecule has 0 bridgehead atoms. The highest BCUT2D eigenvalue weighted by Gasteiger charge is 2.34. The Labute approximate surface area is 175 Å². The molecule has 158 valence electrons. The maximum atomic E-state index is 12.4. The van der Waals surface area contributed by atoms with E-state index >= 15 is 0 Å². The van der Waals surface area contributed by atoms with Gasteiger partial charge in [-0.1, -0.05) is 0 Å². The predicted molar refractivity (Wildman–Crippen MR) is 110 cm³/mol. The van der Waals surface area contributed by atoms with E-state index in [1.165, 1.54) is 0 Å². The summed E-state index contributed by atoms with van der Waals surface area (Å²) in [6, 6.07) is 0. The molecule has 1 amide bonds. The van der Waals surface area contributed by atoms with Gasteiger partial charge in [-0.25, -0.2) is 9.78 Å². The number of ether oxygens (including phenoxy) is 2. The van der Waals surface area contributed by atoms with E-state index < -0.39 is 5.60 Å². The Bertz CT molecular complexity index is 919. The molecule has 2 saturated heterocycles. The highest BCUT2D eigenvalue weighted by Crippen LogP contribution is 2.32. The van der Waals surface area contributed by atoms with Gasteiger partial charge < -0.3 is 23.8 Å². The molecule has 2 aliphatic heterocycles. The number of amides is 1. The van der Waals surface area contributed by atoms with E-state index in [1.807, 2.05) is 32.4 Å². The maximum absolute atomic E-state index is 12.4. The first kappa shape index (κ1) is 20.2. The maximum Gasteiger partial charge on any atom is 0.410 e. The number of aryl methyl sites for hydroxylation is 1. The van der Waals surface area contributed by atoms with E-state index in [0.717, 1.165) is 36.7 Å². The van der Waals surface area contributed by atoms with Crippen LogP contribution in [0.15, 0.2) is 0 Å². The molecule has 0 radical (unpaired) electrons. The van der Waals surface area contributed by atoms with Crippen LogP contribution >= 0.6 is 11.6 Å². The molecule has 1 unspecified atom stereocenters. The lowest BCUT2D eigenvalue weighted by Crippen LogP contribution is -2.37. The lowest BCUT2D eigenvalue weighted by atomic mass is 10.1. The summed E-state index contributed by atoms with van der Waals surface area (Å²) in [5.74, 6) is 1.74. The SMILES string of the molecule is Cn1c(C2CCN(C(=O)OC(C)(C)C)C2)nc2c(N3CCOCC3)nc(Cl)nc21. The molecule has 4 rings (SSSR count). The molecule has 0 saturated carbocycles. The van der Waals surface area contributed by atoms with Crippen molar-refractivity contribution < 1.29 is 14.3 Å². The second kappa shape index (κ2) is 7.60. The zero-order chi connectivity index (χ0) is 20.8. The van der Waals surface area contributed by atoms with Crippen molar-refractivity contribution >= 4 is 34.7 Å². The number of aromatic nitrogens is 4. The summed E-state index contributed by atoms with van der Waals surface area (Å²) in [7, 11) is 1.94. The Morgan fingerprint density at radius 2 is 1.90 bits per heavy atom. The summed E-state index contributed by atoms with van der Waals surface area (Å²) in [5.41, 5.74) is 0.939. The molecule has 1 atom stereocenters. The van der Waals surface area contributed by atoms with Gasteiger partial charge in [0.25, 0.3) is 0 Å². The fourth-order valence-electron chi connectivity index (χ4n) is 3.86. The van der Waals surface area contributed by atoms with Crippen molar-refractivity contribution in [1.82, 2.24) is 24.4 Å². The van der Waals surface area contributed by atoms with Crippen molar-refractivity contribution in [3.05, 3.63) is 11.1 Å². The first-order valence-electron chi connectivity index (χ1n) is 9.93. The van der Waals surface area contributed by atoms with Crippen molar-refractivity contribution in [2.24, 2.45) is 7.05 Å². The fraction of sp³-hybridized carbons (Fsp3) is 0.684. The van der Waals surface area contributed by atoms with Crippen LogP contribution in [0.25, 0.3) is 11.2 Å². The van der Waals surface area contributed by atoms with Crippen LogP contribution in [0.5, 0.6) is 0 Å². The van der Waals surface area contributed by atoms with Crippen LogP contribution < -0.4 is 4.90 Å². The smallest absolute Gasteiger partial charge is 0.410 e. The number of carbonyl (C=O) groups is 1. The fourth-order valence-corrected chi connectivity index (χ4v) is 4.02. The van der Waals surface area contributed by atoms with E-state index in [4.69, 9.17) is 26.1 Å². The number of nitrogens with zero attached hydrogens (tertiary/aromatic N) is 6. The number of anilines is 1. The van der Waals surface area contributed by atoms with Gasteiger partial charge in [-0.2, -0.15) is 9.97 Å². The largest absolute Gasteiger partial charge is 0.444 e. The predicted octanol–water partition coefficient (Wildman–Crippen LogP) is 2.58. The third-order valence-corrected chi connectivity index (χ3v) is 5.39. The second-order valence-corrected chi connectivity index (χ2v) is 8.87. The molecule has 0 aromatic carbocycles. The summed E-state index contributed by atoms with van der Waals surface area (Å²) < 4.78 is 12.9. The Morgan fingerprint density at radius 1 is 1.17 bits per heavy atom. The van der Waals surface area contributed by atoms with E-state index in [2.05, 4.69) is 14.9 Å². The first-order valence-corrected chi connectivity index (χ1v) is 10.3. The number of carbonyl (C=O) groups excluding carboxylic acids is 1. The van der Waals surface area contributed by atoms with E-state index in [1.54, 1.807) is 4.90 Å². The van der Waals surface area contributed by atoms with Gasteiger partial charge in [-0.3, -0.25) is 0 Å². The number of hydrogen-bond donors (Lipinski definition) is 0. The second-order valence-electron chi connectivity index (χ2n) is 8.53. The van der Waals surface area contributed by atoms with Crippen LogP contribution in [0, 0.1) is 0 Å². The van der Waals surface area contributed by atoms with Gasteiger partial charge in [-0.15, -0.1) is 0 Å². The van der Waals surface area contributed by atoms with Crippen molar-refractivity contribution in [2.75, 3.05) is 44.3 Å². The molecule has 2 aliphatic rings. The molecular weight excluding hydrogens is 396 g/mol. The summed E-state index contributed by atoms with van der Waals surface area (Å²) >= 11 is 6.22. The zero-order valence-electron chi connectivity index (χ0n) is 17.3. The number of fused-ring (bicyclic) bond motifs is 1. The molecule has 2 aromatic rings. The summed E-state index contributed by atoms with van der Waals surface area (Å²) in [5, 5.41) is 0.204. The monoisotopic (exact) mass is 422 g/mol. The molecule has 2 fully saturated rings. The number of morpholine rings is 1. The Balaban J connectivity index is 1.62. The summed E-state index contributed by atoms with van der Waals surface area (Å²) in [6.07, 6.45) is 0.542. The third-order valence-electron chi connectivity index (χ3n) is 5.22. The summed E-state index contributed by atoms with van der Waals surface area (Å²) in [4.78, 5) is 30.1. The Kier molecular flexibility index (Phi) is 5.29. The number of hydrogen-bond acceptors (Lipinski definition) is 7. The van der Waals surface area contributed by atoms with Gasteiger partial charge in [0, 0.05) is 39.1 Å². The van der Waals surface area contributed by atoms with Crippen LogP contribution in [0.3, 0.4) is 0 Å². The van der Waals surface area contributed by atoms with Crippen LogP contribution in [-0.2, 0) is 16.5 Å². The molecule has 2 aromatic heterocycles. The Hall–Kier alpha value is -2.13. The molecule has 0 spiro atoms. The number of imidazole rings is 1. The van der Waals surface area contributed by atoms with Crippen LogP contribution in [0.4, 0.5) is 10.6 Å². The van der Waals surface area contributed by atoms with Gasteiger partial charge >= 0.3 is 6.09 Å². The minimum absolute atomic E-state index is 0.109. The van der Waals surface area contributed by atoms with E-state index in [9.17, 15) is 4.79 Å². The average Bonchev–Trinajstić information content (AvgIpc) is 3.26. The molecule has 10 heteroatoms. The van der Waals surface area contributed by atoms with Gasteiger partial charge in [-0.05, 0) is 38.8 Å². The van der Waals surface area contributed by atoms with Crippen LogP contribution in [0.2, 0.25) is 5.28 Å². The Morgan fingerprint density at radius 3 is 2.59 bits per heavy atom. The van der Waals surface area contributed by atoms with Crippen molar-refractivity contribution in [3.63, 3.8) is 0 Å². The normalized spacial score (nSPS) is 20.5. The van der Waals surface area contributed by atoms with Gasteiger partial charge in [0.05, 0.1) is 13.2 Å². The molecule has 29 heavy (non-hydrogen) atoms. The molecular formula is C19H27ClN6O3. The minimum Gasteiger partial charge on any atom is -0.444 e. The number of rotatable bonds is 2. The lowest BCUT2D eigenvalue weighted by molar-refractivity contribution is 0.0292. The molecule has 0 N–H and O–H groups in total. The highest BCUT2D eigenvalue weighted by atomic mass is 35.5. The van der Waals surface area contributed by atoms with Crippen LogP contribution in [0.1, 0.15) is 38.9 Å². The zero-order valence-corrected chi connectivity index (χ0v) is 18.1. The molecule has 9 nitrogen and oxygen atoms in total. The van der Waals surface area contributed by atoms with Gasteiger partial charge in [0.1, 0.15) is 11.4 Å². The molecule has 0 aliphatic carbocycles. The number of halogens is 1. The highest BCUT2D eigenvalue weighted by molar-refractivity contribution is 6.28. The standard InChI is InChI=1S/C19H27ClN6O3/c1-19(2,3)29-18(27)26-6-5-12(11-26)14-21-13-15(24(14)4)22-17(20)23-16(13)25-7-9-28-10-8-25/h12H,5-11H2,1-4H3. The third kappa shape index (κ3) is 4.11. The van der Waals surface area contributed by atoms with Gasteiger partial charge in [0.15, 0.2) is 17.0 Å². The first-order chi connectivity index (χ1) is 13.7. The van der Waals surface area contributed by atoms with Crippen molar-refractivity contribution in [3.8, 4) is 0 Å². The average molecular weight is 423 g/mol. The topological polar surface area (TPSA) is 85.6 Å². The van der Waals surface area contributed by atoms with Crippen molar-refractivity contribution in [1.29, 1.82) is 0 Å². The van der Waals surface area contributed by atoms with E-state index in [-0.39, 0.29) is 17.3 Å². The van der Waals surface area contributed by atoms with Gasteiger partial charge in [0.2, 0.25) is 5.28 Å². The quantitative estimate of drug-likeness (QED) is 0.687. The lowest BCUT2D eigenvalue weighted by Gasteiger charge is -2.27.